The molecule has 23 heavy (non-hydrogen) atoms. The predicted molar refractivity (Wildman–Crippen MR) is 77.7 cm³/mol. The van der Waals surface area contributed by atoms with E-state index in [1.807, 2.05) is 30.3 Å². The summed E-state index contributed by atoms with van der Waals surface area (Å²) in [6.07, 6.45) is 1.18. The standard InChI is InChI=1S/C14H18F3NO4S/c15-14(16,17)23(20,21)18-10-6-2-5-9-13(19)22-11-12-7-3-1-4-8-12/h1,3-4,7-8,18H,2,5-6,9-11H2. The fourth-order valence-corrected chi connectivity index (χ4v) is 2.25. The lowest BCUT2D eigenvalue weighted by atomic mass is 10.2. The fourth-order valence-electron chi connectivity index (χ4n) is 1.67. The van der Waals surface area contributed by atoms with E-state index in [-0.39, 0.29) is 26.0 Å². The summed E-state index contributed by atoms with van der Waals surface area (Å²) < 4.78 is 64.0. The molecule has 0 saturated carbocycles. The van der Waals surface area contributed by atoms with Crippen molar-refractivity contribution in [3.63, 3.8) is 0 Å². The number of carbonyl (C=O) groups excluding carboxylic acids is 1. The van der Waals surface area contributed by atoms with E-state index in [4.69, 9.17) is 4.74 Å². The number of alkyl halides is 3. The van der Waals surface area contributed by atoms with E-state index in [2.05, 4.69) is 0 Å². The zero-order valence-electron chi connectivity index (χ0n) is 12.3. The van der Waals surface area contributed by atoms with Crippen LogP contribution in [0.2, 0.25) is 0 Å². The van der Waals surface area contributed by atoms with Gasteiger partial charge in [0.05, 0.1) is 0 Å². The number of hydrogen-bond acceptors (Lipinski definition) is 4. The smallest absolute Gasteiger partial charge is 0.461 e. The van der Waals surface area contributed by atoms with Crippen molar-refractivity contribution in [1.29, 1.82) is 0 Å². The van der Waals surface area contributed by atoms with Crippen molar-refractivity contribution in [2.24, 2.45) is 0 Å². The lowest BCUT2D eigenvalue weighted by molar-refractivity contribution is -0.145. The Morgan fingerprint density at radius 2 is 1.74 bits per heavy atom. The summed E-state index contributed by atoms with van der Waals surface area (Å²) in [6, 6.07) is 9.13. The molecule has 0 unspecified atom stereocenters. The molecule has 0 aliphatic heterocycles. The van der Waals surface area contributed by atoms with E-state index < -0.39 is 21.5 Å². The number of nitrogens with one attached hydrogen (secondary N) is 1. The highest BCUT2D eigenvalue weighted by atomic mass is 32.2. The van der Waals surface area contributed by atoms with Gasteiger partial charge >= 0.3 is 21.5 Å². The number of rotatable bonds is 9. The number of ether oxygens (including phenoxy) is 1. The maximum absolute atomic E-state index is 12.0. The number of hydrogen-bond donors (Lipinski definition) is 1. The van der Waals surface area contributed by atoms with Gasteiger partial charge in [0.1, 0.15) is 6.61 Å². The highest BCUT2D eigenvalue weighted by Crippen LogP contribution is 2.21. The van der Waals surface area contributed by atoms with Crippen molar-refractivity contribution in [3.05, 3.63) is 35.9 Å². The molecule has 1 rings (SSSR count). The molecule has 0 aliphatic carbocycles. The average molecular weight is 353 g/mol. The van der Waals surface area contributed by atoms with E-state index in [1.54, 1.807) is 0 Å². The van der Waals surface area contributed by atoms with Crippen molar-refractivity contribution < 1.29 is 31.1 Å². The van der Waals surface area contributed by atoms with Crippen LogP contribution in [0.5, 0.6) is 0 Å². The van der Waals surface area contributed by atoms with Crippen LogP contribution < -0.4 is 4.72 Å². The Labute approximate surface area is 132 Å². The van der Waals surface area contributed by atoms with Gasteiger partial charge < -0.3 is 4.74 Å². The molecule has 0 saturated heterocycles. The van der Waals surface area contributed by atoms with E-state index >= 15 is 0 Å². The average Bonchev–Trinajstić information content (AvgIpc) is 2.48. The molecular weight excluding hydrogens is 335 g/mol. The lowest BCUT2D eigenvalue weighted by Crippen LogP contribution is -2.36. The van der Waals surface area contributed by atoms with E-state index in [0.29, 0.717) is 12.8 Å². The summed E-state index contributed by atoms with van der Waals surface area (Å²) in [7, 11) is -5.28. The minimum Gasteiger partial charge on any atom is -0.461 e. The van der Waals surface area contributed by atoms with Crippen LogP contribution in [0.15, 0.2) is 30.3 Å². The summed E-state index contributed by atoms with van der Waals surface area (Å²) in [6.45, 7) is -0.147. The summed E-state index contributed by atoms with van der Waals surface area (Å²) in [5, 5.41) is 0. The monoisotopic (exact) mass is 353 g/mol. The molecule has 0 amide bonds. The molecule has 130 valence electrons. The Morgan fingerprint density at radius 3 is 2.35 bits per heavy atom. The highest BCUT2D eigenvalue weighted by molar-refractivity contribution is 7.90. The molecule has 0 aliphatic rings. The third kappa shape index (κ3) is 7.47. The van der Waals surface area contributed by atoms with Gasteiger partial charge in [-0.15, -0.1) is 0 Å². The van der Waals surface area contributed by atoms with Crippen molar-refractivity contribution in [3.8, 4) is 0 Å². The Morgan fingerprint density at radius 1 is 1.09 bits per heavy atom. The van der Waals surface area contributed by atoms with Crippen molar-refractivity contribution in [1.82, 2.24) is 4.72 Å². The highest BCUT2D eigenvalue weighted by Gasteiger charge is 2.45. The predicted octanol–water partition coefficient (Wildman–Crippen LogP) is 2.73. The number of carbonyl (C=O) groups is 1. The third-order valence-corrected chi connectivity index (χ3v) is 4.09. The fraction of sp³-hybridized carbons (Fsp3) is 0.500. The van der Waals surface area contributed by atoms with Gasteiger partial charge in [-0.2, -0.15) is 13.2 Å². The molecule has 1 N–H and O–H groups in total. The molecule has 0 fully saturated rings. The Bertz CT molecular complexity index is 588. The molecule has 0 bridgehead atoms. The Hall–Kier alpha value is -1.61. The van der Waals surface area contributed by atoms with Gasteiger partial charge in [-0.1, -0.05) is 36.8 Å². The van der Waals surface area contributed by atoms with Gasteiger partial charge in [0, 0.05) is 13.0 Å². The second-order valence-electron chi connectivity index (χ2n) is 4.80. The summed E-state index contributed by atoms with van der Waals surface area (Å²) >= 11 is 0. The van der Waals surface area contributed by atoms with Crippen molar-refractivity contribution in [2.45, 2.75) is 37.8 Å². The van der Waals surface area contributed by atoms with Gasteiger partial charge in [-0.3, -0.25) is 4.79 Å². The third-order valence-electron chi connectivity index (χ3n) is 2.90. The molecule has 1 aromatic rings. The van der Waals surface area contributed by atoms with Gasteiger partial charge in [-0.05, 0) is 18.4 Å². The topological polar surface area (TPSA) is 72.5 Å². The first-order valence-electron chi connectivity index (χ1n) is 6.98. The second-order valence-corrected chi connectivity index (χ2v) is 6.56. The number of halogens is 3. The SMILES string of the molecule is O=C(CCCCCNS(=O)(=O)C(F)(F)F)OCc1ccccc1. The molecule has 0 atom stereocenters. The zero-order valence-corrected chi connectivity index (χ0v) is 13.1. The normalized spacial score (nSPS) is 12.1. The number of sulfonamides is 1. The quantitative estimate of drug-likeness (QED) is 0.547. The van der Waals surface area contributed by atoms with Gasteiger partial charge in [0.25, 0.3) is 0 Å². The van der Waals surface area contributed by atoms with Crippen LogP contribution in [0, 0.1) is 0 Å². The van der Waals surface area contributed by atoms with Crippen LogP contribution in [0.1, 0.15) is 31.2 Å². The van der Waals surface area contributed by atoms with E-state index in [0.717, 1.165) is 5.56 Å². The van der Waals surface area contributed by atoms with E-state index in [9.17, 15) is 26.4 Å². The summed E-state index contributed by atoms with van der Waals surface area (Å²) in [4.78, 5) is 11.5. The minimum absolute atomic E-state index is 0.138. The molecular formula is C14H18F3NO4S. The van der Waals surface area contributed by atoms with Gasteiger partial charge in [-0.25, -0.2) is 13.1 Å². The van der Waals surface area contributed by atoms with Gasteiger partial charge in [0.2, 0.25) is 0 Å². The van der Waals surface area contributed by atoms with Crippen LogP contribution in [0.3, 0.4) is 0 Å². The van der Waals surface area contributed by atoms with Crippen LogP contribution >= 0.6 is 0 Å². The number of benzene rings is 1. The second kappa shape index (κ2) is 8.88. The van der Waals surface area contributed by atoms with Crippen LogP contribution in [-0.4, -0.2) is 26.4 Å². The first-order chi connectivity index (χ1) is 10.7. The van der Waals surface area contributed by atoms with E-state index in [1.165, 1.54) is 4.72 Å². The van der Waals surface area contributed by atoms with Crippen LogP contribution in [-0.2, 0) is 26.2 Å². The zero-order chi connectivity index (χ0) is 17.3. The maximum Gasteiger partial charge on any atom is 0.511 e. The maximum atomic E-state index is 12.0. The largest absolute Gasteiger partial charge is 0.511 e. The molecule has 5 nitrogen and oxygen atoms in total. The van der Waals surface area contributed by atoms with Crippen LogP contribution in [0.4, 0.5) is 13.2 Å². The molecule has 0 spiro atoms. The van der Waals surface area contributed by atoms with Crippen LogP contribution in [0.25, 0.3) is 0 Å². The summed E-state index contributed by atoms with van der Waals surface area (Å²) in [5.74, 6) is -0.398. The van der Waals surface area contributed by atoms with Crippen molar-refractivity contribution >= 4 is 16.0 Å². The lowest BCUT2D eigenvalue weighted by Gasteiger charge is -2.09. The first kappa shape index (κ1) is 19.4. The van der Waals surface area contributed by atoms with Gasteiger partial charge in [0.15, 0.2) is 0 Å². The number of esters is 1. The number of unbranched alkanes of at least 4 members (excludes halogenated alkanes) is 2. The minimum atomic E-state index is -5.30. The first-order valence-corrected chi connectivity index (χ1v) is 8.46. The summed E-state index contributed by atoms with van der Waals surface area (Å²) in [5.41, 5.74) is -4.43. The molecule has 9 heteroatoms. The Kier molecular flexibility index (Phi) is 7.50. The molecule has 0 aromatic heterocycles. The molecule has 1 aromatic carbocycles. The van der Waals surface area contributed by atoms with Crippen molar-refractivity contribution in [2.75, 3.05) is 6.54 Å². The molecule has 0 heterocycles. The Balaban J connectivity index is 2.10. The molecule has 0 radical (unpaired) electrons.